The molecule has 3 aliphatic rings. The highest BCUT2D eigenvalue weighted by Gasteiger charge is 2.53. The number of hydrogen-bond acceptors (Lipinski definition) is 2. The first-order valence-corrected chi connectivity index (χ1v) is 9.43. The van der Waals surface area contributed by atoms with Gasteiger partial charge in [-0.3, -0.25) is 9.69 Å². The molecule has 2 saturated carbocycles. The van der Waals surface area contributed by atoms with Crippen molar-refractivity contribution in [2.45, 2.75) is 69.7 Å². The number of carbonyl (C=O) groups is 2. The Morgan fingerprint density at radius 3 is 2.10 bits per heavy atom. The number of halogens is 1. The number of nitrogens with one attached hydrogen (secondary N) is 1. The molecule has 0 aromatic rings. The predicted molar refractivity (Wildman–Crippen MR) is 85.4 cm³/mol. The lowest BCUT2D eigenvalue weighted by molar-refractivity contribution is -0.132. The summed E-state index contributed by atoms with van der Waals surface area (Å²) < 4.78 is 0. The average molecular weight is 357 g/mol. The second kappa shape index (κ2) is 5.90. The van der Waals surface area contributed by atoms with Crippen LogP contribution >= 0.6 is 15.9 Å². The van der Waals surface area contributed by atoms with Crippen LogP contribution in [-0.2, 0) is 4.79 Å². The zero-order valence-corrected chi connectivity index (χ0v) is 14.2. The molecule has 5 heteroatoms. The van der Waals surface area contributed by atoms with Crippen LogP contribution < -0.4 is 5.32 Å². The highest BCUT2D eigenvalue weighted by molar-refractivity contribution is 9.09. The molecule has 0 radical (unpaired) electrons. The third-order valence-electron chi connectivity index (χ3n) is 5.64. The van der Waals surface area contributed by atoms with Crippen LogP contribution in [0, 0.1) is 5.41 Å². The largest absolute Gasteiger partial charge is 0.325 e. The maximum atomic E-state index is 12.8. The van der Waals surface area contributed by atoms with E-state index in [-0.39, 0.29) is 17.4 Å². The van der Waals surface area contributed by atoms with Crippen LogP contribution in [0.4, 0.5) is 4.79 Å². The van der Waals surface area contributed by atoms with Gasteiger partial charge < -0.3 is 5.32 Å². The van der Waals surface area contributed by atoms with Crippen molar-refractivity contribution in [3.8, 4) is 0 Å². The fourth-order valence-corrected chi connectivity index (χ4v) is 5.02. The third kappa shape index (κ3) is 2.73. The third-order valence-corrected chi connectivity index (χ3v) is 6.83. The van der Waals surface area contributed by atoms with Gasteiger partial charge in [-0.25, -0.2) is 4.79 Å². The van der Waals surface area contributed by atoms with Crippen LogP contribution in [0.2, 0.25) is 0 Å². The Morgan fingerprint density at radius 1 is 0.952 bits per heavy atom. The van der Waals surface area contributed by atoms with Crippen molar-refractivity contribution in [1.29, 1.82) is 0 Å². The van der Waals surface area contributed by atoms with Crippen molar-refractivity contribution in [2.75, 3.05) is 11.9 Å². The Hall–Kier alpha value is -0.580. The molecule has 1 saturated heterocycles. The van der Waals surface area contributed by atoms with Gasteiger partial charge in [0.1, 0.15) is 5.54 Å². The van der Waals surface area contributed by atoms with E-state index in [0.29, 0.717) is 6.54 Å². The minimum atomic E-state index is -0.560. The summed E-state index contributed by atoms with van der Waals surface area (Å²) in [4.78, 5) is 26.7. The van der Waals surface area contributed by atoms with E-state index in [0.717, 1.165) is 43.9 Å². The lowest BCUT2D eigenvalue weighted by Crippen LogP contribution is -2.46. The van der Waals surface area contributed by atoms with Gasteiger partial charge in [-0.05, 0) is 31.1 Å². The van der Waals surface area contributed by atoms with Gasteiger partial charge in [0.25, 0.3) is 5.91 Å². The topological polar surface area (TPSA) is 49.4 Å². The Kier molecular flexibility index (Phi) is 4.30. The molecule has 0 unspecified atom stereocenters. The first-order chi connectivity index (χ1) is 10.1. The minimum absolute atomic E-state index is 0.0366. The molecule has 3 amide bonds. The number of carbonyl (C=O) groups excluding carboxylic acids is 2. The SMILES string of the molecule is O=C1NC2(CCCC2)C(=O)N1CC1(CBr)CCCCCC1. The van der Waals surface area contributed by atoms with E-state index in [1.165, 1.54) is 30.6 Å². The van der Waals surface area contributed by atoms with Gasteiger partial charge in [-0.2, -0.15) is 0 Å². The molecule has 2 aliphatic carbocycles. The molecule has 1 aliphatic heterocycles. The molecule has 118 valence electrons. The van der Waals surface area contributed by atoms with E-state index >= 15 is 0 Å². The molecule has 4 nitrogen and oxygen atoms in total. The molecule has 1 spiro atoms. The van der Waals surface area contributed by atoms with Crippen LogP contribution in [0.5, 0.6) is 0 Å². The van der Waals surface area contributed by atoms with Crippen molar-refractivity contribution in [2.24, 2.45) is 5.41 Å². The smallest absolute Gasteiger partial charge is 0.323 e. The molecule has 3 rings (SSSR count). The summed E-state index contributed by atoms with van der Waals surface area (Å²) >= 11 is 3.66. The van der Waals surface area contributed by atoms with Crippen LogP contribution in [0.3, 0.4) is 0 Å². The Labute approximate surface area is 135 Å². The van der Waals surface area contributed by atoms with Crippen LogP contribution in [0.25, 0.3) is 0 Å². The van der Waals surface area contributed by atoms with Gasteiger partial charge in [0.05, 0.1) is 0 Å². The molecule has 1 N–H and O–H groups in total. The van der Waals surface area contributed by atoms with E-state index in [2.05, 4.69) is 21.2 Å². The van der Waals surface area contributed by atoms with Crippen molar-refractivity contribution < 1.29 is 9.59 Å². The van der Waals surface area contributed by atoms with Crippen LogP contribution in [-0.4, -0.2) is 34.3 Å². The van der Waals surface area contributed by atoms with Gasteiger partial charge in [0.2, 0.25) is 0 Å². The first-order valence-electron chi connectivity index (χ1n) is 8.31. The molecule has 0 bridgehead atoms. The molecule has 3 fully saturated rings. The Bertz CT molecular complexity index is 424. The normalized spacial score (nSPS) is 28.0. The monoisotopic (exact) mass is 356 g/mol. The Balaban J connectivity index is 1.76. The summed E-state index contributed by atoms with van der Waals surface area (Å²) in [5, 5.41) is 3.88. The van der Waals surface area contributed by atoms with Gasteiger partial charge in [0, 0.05) is 11.9 Å². The van der Waals surface area contributed by atoms with Crippen molar-refractivity contribution in [3.05, 3.63) is 0 Å². The van der Waals surface area contributed by atoms with Gasteiger partial charge >= 0.3 is 6.03 Å². The fourth-order valence-electron chi connectivity index (χ4n) is 4.29. The summed E-state index contributed by atoms with van der Waals surface area (Å²) in [5.74, 6) is 0.0366. The molecule has 21 heavy (non-hydrogen) atoms. The summed E-state index contributed by atoms with van der Waals surface area (Å²) in [6, 6.07) is -0.161. The number of nitrogens with zero attached hydrogens (tertiary/aromatic N) is 1. The highest BCUT2D eigenvalue weighted by Crippen LogP contribution is 2.41. The standard InChI is InChI=1S/C16H25BrN2O2/c17-11-15(7-3-1-2-4-8-15)12-19-13(20)16(18-14(19)21)9-5-6-10-16/h1-12H2,(H,18,21). The maximum absolute atomic E-state index is 12.8. The maximum Gasteiger partial charge on any atom is 0.325 e. The first kappa shape index (κ1) is 15.3. The number of alkyl halides is 1. The summed E-state index contributed by atoms with van der Waals surface area (Å²) in [7, 11) is 0. The second-order valence-electron chi connectivity index (χ2n) is 7.16. The van der Waals surface area contributed by atoms with E-state index in [4.69, 9.17) is 0 Å². The van der Waals surface area contributed by atoms with Crippen molar-refractivity contribution in [1.82, 2.24) is 10.2 Å². The molecule has 0 aromatic carbocycles. The van der Waals surface area contributed by atoms with E-state index in [9.17, 15) is 9.59 Å². The average Bonchev–Trinajstić information content (AvgIpc) is 2.93. The van der Waals surface area contributed by atoms with E-state index in [1.54, 1.807) is 0 Å². The predicted octanol–water partition coefficient (Wildman–Crippen LogP) is 3.59. The number of urea groups is 1. The van der Waals surface area contributed by atoms with Crippen molar-refractivity contribution >= 4 is 27.9 Å². The minimum Gasteiger partial charge on any atom is -0.323 e. The highest BCUT2D eigenvalue weighted by atomic mass is 79.9. The summed E-state index contributed by atoms with van der Waals surface area (Å²) in [5.41, 5.74) is -0.483. The second-order valence-corrected chi connectivity index (χ2v) is 7.72. The zero-order chi connectivity index (χ0) is 14.9. The molecule has 0 atom stereocenters. The molecule has 1 heterocycles. The molecule has 0 aromatic heterocycles. The summed E-state index contributed by atoms with van der Waals surface area (Å²) in [6.07, 6.45) is 10.9. The van der Waals surface area contributed by atoms with Crippen LogP contribution in [0.1, 0.15) is 64.2 Å². The van der Waals surface area contributed by atoms with E-state index < -0.39 is 5.54 Å². The van der Waals surface area contributed by atoms with Crippen molar-refractivity contribution in [3.63, 3.8) is 0 Å². The quantitative estimate of drug-likeness (QED) is 0.477. The number of imide groups is 1. The molecular formula is C16H25BrN2O2. The van der Waals surface area contributed by atoms with Crippen LogP contribution in [0.15, 0.2) is 0 Å². The van der Waals surface area contributed by atoms with Gasteiger partial charge in [-0.15, -0.1) is 0 Å². The Morgan fingerprint density at radius 2 is 1.52 bits per heavy atom. The van der Waals surface area contributed by atoms with Gasteiger partial charge in [-0.1, -0.05) is 54.5 Å². The van der Waals surface area contributed by atoms with Gasteiger partial charge in [0.15, 0.2) is 0 Å². The zero-order valence-electron chi connectivity index (χ0n) is 12.6. The number of hydrogen-bond donors (Lipinski definition) is 1. The van der Waals surface area contributed by atoms with E-state index in [1.807, 2.05) is 0 Å². The summed E-state index contributed by atoms with van der Waals surface area (Å²) in [6.45, 7) is 0.588. The fraction of sp³-hybridized carbons (Fsp3) is 0.875. The number of amides is 3. The number of rotatable bonds is 3. The lowest BCUT2D eigenvalue weighted by atomic mass is 9.81. The molecular weight excluding hydrogens is 332 g/mol. The lowest BCUT2D eigenvalue weighted by Gasteiger charge is -2.34.